The fourth-order valence-electron chi connectivity index (χ4n) is 9.10. The fraction of sp³-hybridized carbons (Fsp3) is 0.731. The van der Waals surface area contributed by atoms with Crippen molar-refractivity contribution in [1.82, 2.24) is 10.2 Å². The van der Waals surface area contributed by atoms with E-state index >= 15 is 0 Å². The number of phenolic OH excluding ortho intramolecular Hbond substituents is 1. The van der Waals surface area contributed by atoms with Gasteiger partial charge in [-0.15, -0.1) is 0 Å². The van der Waals surface area contributed by atoms with E-state index in [1.54, 1.807) is 0 Å². The number of carbonyl (C=O) groups is 1. The number of piperidine rings is 1. The summed E-state index contributed by atoms with van der Waals surface area (Å²) in [6, 6.07) is 4.44. The van der Waals surface area contributed by atoms with Crippen LogP contribution in [0, 0.1) is 17.3 Å². The first-order valence-electron chi connectivity index (χ1n) is 12.8. The second-order valence-electron chi connectivity index (χ2n) is 11.5. The van der Waals surface area contributed by atoms with E-state index < -0.39 is 5.60 Å². The zero-order valence-corrected chi connectivity index (χ0v) is 19.4. The van der Waals surface area contributed by atoms with Gasteiger partial charge in [0.05, 0.1) is 6.54 Å². The molecule has 8 rings (SSSR count). The third-order valence-electron chi connectivity index (χ3n) is 10.5. The minimum absolute atomic E-state index is 0.00216. The molecule has 1 saturated heterocycles. The van der Waals surface area contributed by atoms with Crippen molar-refractivity contribution in [2.45, 2.75) is 68.1 Å². The summed E-state index contributed by atoms with van der Waals surface area (Å²) in [4.78, 5) is 14.9. The second-order valence-corrected chi connectivity index (χ2v) is 11.5. The molecule has 4 saturated carbocycles. The Morgan fingerprint density at radius 1 is 1.33 bits per heavy atom. The molecule has 1 amide bonds. The third kappa shape index (κ3) is 2.34. The van der Waals surface area contributed by atoms with E-state index in [2.05, 4.69) is 16.3 Å². The van der Waals surface area contributed by atoms with E-state index in [4.69, 9.17) is 15.2 Å². The Morgan fingerprint density at radius 2 is 2.18 bits per heavy atom. The maximum absolute atomic E-state index is 12.1. The molecule has 2 spiro atoms. The van der Waals surface area contributed by atoms with E-state index in [9.17, 15) is 9.90 Å². The number of nitrogens with two attached hydrogens (primary N) is 1. The van der Waals surface area contributed by atoms with Gasteiger partial charge in [0, 0.05) is 48.6 Å². The number of nitrogens with zero attached hydrogens (tertiary/aromatic N) is 1. The van der Waals surface area contributed by atoms with Crippen LogP contribution in [0.15, 0.2) is 12.1 Å². The summed E-state index contributed by atoms with van der Waals surface area (Å²) in [5.41, 5.74) is 7.70. The molecule has 2 heterocycles. The number of methoxy groups -OCH3 is 1. The van der Waals surface area contributed by atoms with Crippen LogP contribution in [0.1, 0.15) is 49.7 Å². The maximum Gasteiger partial charge on any atom is 0.233 e. The number of ether oxygens (including phenoxy) is 2. The summed E-state index contributed by atoms with van der Waals surface area (Å²) in [6.07, 6.45) is 7.73. The molecule has 7 heteroatoms. The molecule has 6 atom stereocenters. The Hall–Kier alpha value is -1.83. The highest BCUT2D eigenvalue weighted by molar-refractivity contribution is 5.77. The normalized spacial score (nSPS) is 42.1. The number of hydrogen-bond donors (Lipinski definition) is 3. The minimum Gasteiger partial charge on any atom is -0.504 e. The molecule has 7 aliphatic rings. The Balaban J connectivity index is 1.39. The molecule has 2 aliphatic heterocycles. The van der Waals surface area contributed by atoms with Crippen molar-refractivity contribution in [2.75, 3.05) is 33.3 Å². The lowest BCUT2D eigenvalue weighted by Gasteiger charge is -2.74. The molecular weight excluding hydrogens is 418 g/mol. The van der Waals surface area contributed by atoms with Gasteiger partial charge in [-0.1, -0.05) is 6.07 Å². The van der Waals surface area contributed by atoms with Crippen LogP contribution in [-0.2, 0) is 21.4 Å². The van der Waals surface area contributed by atoms with Gasteiger partial charge in [0.15, 0.2) is 11.5 Å². The molecule has 0 radical (unpaired) electrons. The van der Waals surface area contributed by atoms with Gasteiger partial charge in [0.2, 0.25) is 5.91 Å². The Bertz CT molecular complexity index is 1030. The topological polar surface area (TPSA) is 97.0 Å². The first-order chi connectivity index (χ1) is 16.0. The molecule has 178 valence electrons. The van der Waals surface area contributed by atoms with Crippen LogP contribution in [0.25, 0.3) is 0 Å². The number of hydrogen-bond acceptors (Lipinski definition) is 6. The van der Waals surface area contributed by atoms with Crippen LogP contribution < -0.4 is 15.8 Å². The summed E-state index contributed by atoms with van der Waals surface area (Å²) in [5.74, 6) is 1.85. The number of nitrogens with one attached hydrogen (secondary N) is 1. The van der Waals surface area contributed by atoms with Gasteiger partial charge < -0.3 is 25.6 Å². The van der Waals surface area contributed by atoms with Gasteiger partial charge in [-0.25, -0.2) is 0 Å². The highest BCUT2D eigenvalue weighted by Gasteiger charge is 2.80. The van der Waals surface area contributed by atoms with Gasteiger partial charge in [0.1, 0.15) is 11.7 Å². The van der Waals surface area contributed by atoms with Crippen LogP contribution >= 0.6 is 0 Å². The summed E-state index contributed by atoms with van der Waals surface area (Å²) in [7, 11) is 1.81. The van der Waals surface area contributed by atoms with Crippen LogP contribution in [0.2, 0.25) is 0 Å². The van der Waals surface area contributed by atoms with Gasteiger partial charge in [0.25, 0.3) is 0 Å². The van der Waals surface area contributed by atoms with Gasteiger partial charge in [-0.2, -0.15) is 0 Å². The number of fused-ring (bicyclic) bond motifs is 2. The van der Waals surface area contributed by atoms with Crippen molar-refractivity contribution in [1.29, 1.82) is 0 Å². The molecular formula is C26H35N3O4. The van der Waals surface area contributed by atoms with Gasteiger partial charge in [-0.3, -0.25) is 9.69 Å². The lowest BCUT2D eigenvalue weighted by atomic mass is 9.35. The van der Waals surface area contributed by atoms with Crippen molar-refractivity contribution < 1.29 is 19.4 Å². The largest absolute Gasteiger partial charge is 0.504 e. The summed E-state index contributed by atoms with van der Waals surface area (Å²) < 4.78 is 13.2. The van der Waals surface area contributed by atoms with Gasteiger partial charge in [-0.05, 0) is 69.0 Å². The Kier molecular flexibility index (Phi) is 4.13. The number of phenols is 1. The monoisotopic (exact) mass is 453 g/mol. The van der Waals surface area contributed by atoms with E-state index in [1.165, 1.54) is 30.5 Å². The molecule has 5 fully saturated rings. The lowest BCUT2D eigenvalue weighted by Crippen LogP contribution is -2.81. The standard InChI is InChI=1S/C26H35N3O4/c1-32-26-7-6-24(11-17(26)13-28-20(31)12-27)19-10-16-4-5-18(30)22-21(16)25(24,23(26)33-22)8-9-29(19)14-15-2-3-15/h4-5,15,17,19,23,30H,2-3,6-14,27H2,1H3,(H,28,31)/t17-,19?,23-,24-,25+,26-/m1/s1. The van der Waals surface area contributed by atoms with Crippen LogP contribution in [-0.4, -0.2) is 66.9 Å². The van der Waals surface area contributed by atoms with E-state index in [1.807, 2.05) is 13.2 Å². The summed E-state index contributed by atoms with van der Waals surface area (Å²) >= 11 is 0. The molecule has 7 nitrogen and oxygen atoms in total. The quantitative estimate of drug-likeness (QED) is 0.607. The molecule has 4 bridgehead atoms. The predicted molar refractivity (Wildman–Crippen MR) is 122 cm³/mol. The van der Waals surface area contributed by atoms with E-state index in [0.717, 1.165) is 44.6 Å². The molecule has 1 unspecified atom stereocenters. The number of likely N-dealkylation sites (tertiary alicyclic amines) is 1. The molecule has 5 aliphatic carbocycles. The number of amides is 1. The zero-order chi connectivity index (χ0) is 22.6. The highest BCUT2D eigenvalue weighted by Crippen LogP contribution is 2.76. The van der Waals surface area contributed by atoms with Crippen LogP contribution in [0.3, 0.4) is 0 Å². The lowest BCUT2D eigenvalue weighted by molar-refractivity contribution is -0.276. The molecule has 4 N–H and O–H groups in total. The van der Waals surface area contributed by atoms with Crippen molar-refractivity contribution in [3.05, 3.63) is 23.3 Å². The van der Waals surface area contributed by atoms with Crippen molar-refractivity contribution in [3.63, 3.8) is 0 Å². The molecule has 1 aromatic carbocycles. The average Bonchev–Trinajstić information content (AvgIpc) is 3.57. The highest BCUT2D eigenvalue weighted by atomic mass is 16.6. The van der Waals surface area contributed by atoms with Gasteiger partial charge >= 0.3 is 0 Å². The number of aromatic hydroxyl groups is 1. The van der Waals surface area contributed by atoms with Crippen molar-refractivity contribution in [3.8, 4) is 11.5 Å². The van der Waals surface area contributed by atoms with E-state index in [-0.39, 0.29) is 41.1 Å². The first-order valence-corrected chi connectivity index (χ1v) is 12.8. The maximum atomic E-state index is 12.1. The SMILES string of the molecule is CO[C@]12CC[C@@]3(C[C@@H]1CNC(=O)CN)C1Cc4ccc(O)c5c4[C@@]3(CCN1CC1CC1)[C@H]2O5. The van der Waals surface area contributed by atoms with Crippen LogP contribution in [0.5, 0.6) is 11.5 Å². The minimum atomic E-state index is -0.479. The van der Waals surface area contributed by atoms with Crippen molar-refractivity contribution in [2.24, 2.45) is 23.0 Å². The summed E-state index contributed by atoms with van der Waals surface area (Å²) in [6.45, 7) is 2.86. The zero-order valence-electron chi connectivity index (χ0n) is 19.4. The first kappa shape index (κ1) is 20.5. The molecule has 1 aromatic rings. The van der Waals surface area contributed by atoms with Crippen molar-refractivity contribution >= 4 is 5.91 Å². The number of carbonyl (C=O) groups excluding carboxylic acids is 1. The number of benzene rings is 1. The summed E-state index contributed by atoms with van der Waals surface area (Å²) in [5, 5.41) is 13.9. The third-order valence-corrected chi connectivity index (χ3v) is 10.5. The second kappa shape index (κ2) is 6.64. The van der Waals surface area contributed by atoms with E-state index in [0.29, 0.717) is 18.3 Å². The fourth-order valence-corrected chi connectivity index (χ4v) is 9.10. The number of rotatable bonds is 6. The Morgan fingerprint density at radius 3 is 2.94 bits per heavy atom. The van der Waals surface area contributed by atoms with Crippen LogP contribution in [0.4, 0.5) is 0 Å². The smallest absolute Gasteiger partial charge is 0.233 e. The average molecular weight is 454 g/mol. The molecule has 0 aromatic heterocycles. The predicted octanol–water partition coefficient (Wildman–Crippen LogP) is 1.69. The Labute approximate surface area is 195 Å². The molecule has 33 heavy (non-hydrogen) atoms.